The van der Waals surface area contributed by atoms with Gasteiger partial charge >= 0.3 is 0 Å². The van der Waals surface area contributed by atoms with Gasteiger partial charge < -0.3 is 9.64 Å². The van der Waals surface area contributed by atoms with Gasteiger partial charge in [0.05, 0.1) is 19.3 Å². The number of carbonyl (C=O) groups excluding carboxylic acids is 1. The fraction of sp³-hybridized carbons (Fsp3) is 0.857. The molecule has 0 aromatic carbocycles. The van der Waals surface area contributed by atoms with E-state index in [9.17, 15) is 10.1 Å². The second-order valence-corrected chi connectivity index (χ2v) is 6.09. The van der Waals surface area contributed by atoms with E-state index in [-0.39, 0.29) is 17.7 Å². The first-order chi connectivity index (χ1) is 8.65. The lowest BCUT2D eigenvalue weighted by molar-refractivity contribution is -0.136. The minimum atomic E-state index is -0.736. The Morgan fingerprint density at radius 1 is 1.44 bits per heavy atom. The van der Waals surface area contributed by atoms with E-state index in [1.807, 2.05) is 4.90 Å². The number of rotatable bonds is 2. The van der Waals surface area contributed by atoms with Gasteiger partial charge in [-0.25, -0.2) is 0 Å². The minimum Gasteiger partial charge on any atom is -0.381 e. The maximum absolute atomic E-state index is 12.6. The summed E-state index contributed by atoms with van der Waals surface area (Å²) in [7, 11) is 0. The van der Waals surface area contributed by atoms with Crippen molar-refractivity contribution < 1.29 is 9.53 Å². The van der Waals surface area contributed by atoms with Crippen molar-refractivity contribution in [2.45, 2.75) is 20.3 Å². The number of hydrogen-bond acceptors (Lipinski definition) is 3. The molecule has 0 bridgehead atoms. The van der Waals surface area contributed by atoms with E-state index in [0.29, 0.717) is 25.0 Å². The summed E-state index contributed by atoms with van der Waals surface area (Å²) in [5, 5.41) is 9.43. The Hall–Kier alpha value is -1.08. The highest BCUT2D eigenvalue weighted by molar-refractivity contribution is 5.90. The molecule has 0 aromatic rings. The van der Waals surface area contributed by atoms with Gasteiger partial charge in [0.2, 0.25) is 5.91 Å². The first kappa shape index (κ1) is 12.0. The monoisotopic (exact) mass is 248 g/mol. The van der Waals surface area contributed by atoms with Crippen molar-refractivity contribution in [2.24, 2.45) is 29.1 Å². The summed E-state index contributed by atoms with van der Waals surface area (Å²) in [6.45, 7) is 7.21. The zero-order chi connectivity index (χ0) is 12.9. The van der Waals surface area contributed by atoms with E-state index in [2.05, 4.69) is 19.9 Å². The number of fused-ring (bicyclic) bond motifs is 1. The first-order valence-corrected chi connectivity index (χ1v) is 6.93. The van der Waals surface area contributed by atoms with E-state index in [1.54, 1.807) is 0 Å². The zero-order valence-corrected chi connectivity index (χ0v) is 11.1. The Bertz CT molecular complexity index is 405. The fourth-order valence-electron chi connectivity index (χ4n) is 3.88. The number of nitrogens with zero attached hydrogens (tertiary/aromatic N) is 2. The SMILES string of the molecule is CCC1CN(C(=O)C2(C#N)C3COCC32)CC1C. The molecule has 1 amide bonds. The quantitative estimate of drug-likeness (QED) is 0.739. The standard InChI is InChI=1S/C14H20N2O2/c1-3-10-5-16(4-9(10)2)13(17)14(8-15)11-6-18-7-12(11)14/h9-12H,3-7H2,1-2H3. The van der Waals surface area contributed by atoms with Gasteiger partial charge in [0.1, 0.15) is 5.41 Å². The summed E-state index contributed by atoms with van der Waals surface area (Å²) in [5.74, 6) is 1.55. The molecule has 2 aliphatic heterocycles. The van der Waals surface area contributed by atoms with E-state index in [4.69, 9.17) is 4.74 Å². The zero-order valence-electron chi connectivity index (χ0n) is 11.1. The van der Waals surface area contributed by atoms with Crippen molar-refractivity contribution in [3.05, 3.63) is 0 Å². The molecule has 4 nitrogen and oxygen atoms in total. The van der Waals surface area contributed by atoms with Gasteiger partial charge in [0.25, 0.3) is 0 Å². The molecule has 3 aliphatic rings. The molecule has 1 aliphatic carbocycles. The molecular weight excluding hydrogens is 228 g/mol. The van der Waals surface area contributed by atoms with Crippen molar-refractivity contribution in [2.75, 3.05) is 26.3 Å². The van der Waals surface area contributed by atoms with Crippen LogP contribution in [0.15, 0.2) is 0 Å². The number of hydrogen-bond donors (Lipinski definition) is 0. The molecule has 2 saturated heterocycles. The molecule has 0 spiro atoms. The van der Waals surface area contributed by atoms with Gasteiger partial charge in [-0.15, -0.1) is 0 Å². The Kier molecular flexibility index (Phi) is 2.63. The van der Waals surface area contributed by atoms with Crippen LogP contribution in [0.4, 0.5) is 0 Å². The van der Waals surface area contributed by atoms with Crippen LogP contribution in [0.5, 0.6) is 0 Å². The lowest BCUT2D eigenvalue weighted by atomic mass is 9.96. The molecule has 2 heterocycles. The van der Waals surface area contributed by atoms with Gasteiger partial charge in [-0.2, -0.15) is 5.26 Å². The van der Waals surface area contributed by atoms with Gasteiger partial charge in [-0.1, -0.05) is 20.3 Å². The summed E-state index contributed by atoms with van der Waals surface area (Å²) in [6.07, 6.45) is 1.11. The van der Waals surface area contributed by atoms with Gasteiger partial charge in [0, 0.05) is 24.9 Å². The summed E-state index contributed by atoms with van der Waals surface area (Å²) in [5.41, 5.74) is -0.736. The van der Waals surface area contributed by atoms with Crippen molar-refractivity contribution in [1.82, 2.24) is 4.90 Å². The summed E-state index contributed by atoms with van der Waals surface area (Å²) >= 11 is 0. The maximum Gasteiger partial charge on any atom is 0.243 e. The van der Waals surface area contributed by atoms with Crippen molar-refractivity contribution >= 4 is 5.91 Å². The average molecular weight is 248 g/mol. The smallest absolute Gasteiger partial charge is 0.243 e. The topological polar surface area (TPSA) is 53.3 Å². The van der Waals surface area contributed by atoms with Gasteiger partial charge in [-0.3, -0.25) is 4.79 Å². The normalized spacial score (nSPS) is 45.7. The summed E-state index contributed by atoms with van der Waals surface area (Å²) < 4.78 is 5.32. The predicted molar refractivity (Wildman–Crippen MR) is 65.4 cm³/mol. The molecule has 0 radical (unpaired) electrons. The average Bonchev–Trinajstić information content (AvgIpc) is 2.77. The Balaban J connectivity index is 1.75. The van der Waals surface area contributed by atoms with Crippen molar-refractivity contribution in [3.63, 3.8) is 0 Å². The molecule has 18 heavy (non-hydrogen) atoms. The number of likely N-dealkylation sites (tertiary alicyclic amines) is 1. The third-order valence-electron chi connectivity index (χ3n) is 5.26. The van der Waals surface area contributed by atoms with E-state index < -0.39 is 5.41 Å². The van der Waals surface area contributed by atoms with Crippen LogP contribution in [0.25, 0.3) is 0 Å². The molecule has 4 unspecified atom stereocenters. The molecule has 4 heteroatoms. The highest BCUT2D eigenvalue weighted by Crippen LogP contribution is 2.62. The van der Waals surface area contributed by atoms with E-state index >= 15 is 0 Å². The van der Waals surface area contributed by atoms with E-state index in [0.717, 1.165) is 19.5 Å². The van der Waals surface area contributed by atoms with Gasteiger partial charge in [0.15, 0.2) is 0 Å². The lowest BCUT2D eigenvalue weighted by Gasteiger charge is -2.21. The molecular formula is C14H20N2O2. The number of nitriles is 1. The fourth-order valence-corrected chi connectivity index (χ4v) is 3.88. The number of amides is 1. The number of carbonyl (C=O) groups is 1. The highest BCUT2D eigenvalue weighted by Gasteiger charge is 2.73. The summed E-state index contributed by atoms with van der Waals surface area (Å²) in [6, 6.07) is 2.31. The second-order valence-electron chi connectivity index (χ2n) is 6.09. The Morgan fingerprint density at radius 3 is 2.61 bits per heavy atom. The molecule has 4 atom stereocenters. The molecule has 3 rings (SSSR count). The third kappa shape index (κ3) is 1.37. The maximum atomic E-state index is 12.6. The lowest BCUT2D eigenvalue weighted by Crippen LogP contribution is -2.38. The third-order valence-corrected chi connectivity index (χ3v) is 5.26. The molecule has 3 fully saturated rings. The van der Waals surface area contributed by atoms with Crippen LogP contribution in [0.1, 0.15) is 20.3 Å². The van der Waals surface area contributed by atoms with Crippen LogP contribution in [-0.2, 0) is 9.53 Å². The van der Waals surface area contributed by atoms with Crippen LogP contribution in [0.2, 0.25) is 0 Å². The summed E-state index contributed by atoms with van der Waals surface area (Å²) in [4.78, 5) is 14.6. The van der Waals surface area contributed by atoms with Crippen molar-refractivity contribution in [1.29, 1.82) is 5.26 Å². The molecule has 0 N–H and O–H groups in total. The van der Waals surface area contributed by atoms with Crippen LogP contribution in [-0.4, -0.2) is 37.1 Å². The molecule has 0 aromatic heterocycles. The Morgan fingerprint density at radius 2 is 2.11 bits per heavy atom. The molecule has 98 valence electrons. The largest absolute Gasteiger partial charge is 0.381 e. The minimum absolute atomic E-state index is 0.0751. The predicted octanol–water partition coefficient (Wildman–Crippen LogP) is 1.28. The highest BCUT2D eigenvalue weighted by atomic mass is 16.5. The Labute approximate surface area is 108 Å². The second kappa shape index (κ2) is 3.96. The number of ether oxygens (including phenoxy) is 1. The van der Waals surface area contributed by atoms with Crippen LogP contribution >= 0.6 is 0 Å². The van der Waals surface area contributed by atoms with Crippen molar-refractivity contribution in [3.8, 4) is 6.07 Å². The van der Waals surface area contributed by atoms with Crippen LogP contribution < -0.4 is 0 Å². The van der Waals surface area contributed by atoms with E-state index in [1.165, 1.54) is 0 Å². The van der Waals surface area contributed by atoms with Gasteiger partial charge in [-0.05, 0) is 11.8 Å². The van der Waals surface area contributed by atoms with Crippen LogP contribution in [0, 0.1) is 40.4 Å². The van der Waals surface area contributed by atoms with Crippen LogP contribution in [0.3, 0.4) is 0 Å². The molecule has 1 saturated carbocycles. The first-order valence-electron chi connectivity index (χ1n) is 6.93.